The van der Waals surface area contributed by atoms with Gasteiger partial charge in [0.1, 0.15) is 0 Å². The summed E-state index contributed by atoms with van der Waals surface area (Å²) in [7, 11) is 0. The number of rotatable bonds is 10. The highest BCUT2D eigenvalue weighted by Gasteiger charge is 2.20. The van der Waals surface area contributed by atoms with E-state index in [1.165, 1.54) is 11.1 Å². The predicted molar refractivity (Wildman–Crippen MR) is 285 cm³/mol. The Kier molecular flexibility index (Phi) is 10.8. The summed E-state index contributed by atoms with van der Waals surface area (Å²) < 4.78 is 0. The molecule has 0 fully saturated rings. The normalized spacial score (nSPS) is 11.2. The summed E-state index contributed by atoms with van der Waals surface area (Å²) in [4.78, 5) is 23.6. The highest BCUT2D eigenvalue weighted by molar-refractivity contribution is 5.91. The van der Waals surface area contributed by atoms with Crippen LogP contribution < -0.4 is 4.90 Å². The SMILES string of the molecule is c1ccc(-c2ccc(-c3nc4ccccc4nc3-c3cccc(N(c4ccc(-c5ccccc5)cc4)c4cccc(-c5nc6ccccc6nc5-c5ccc(-c6ccccc6)cc5)c4)c3)cc2)cc1. The van der Waals surface area contributed by atoms with Crippen molar-refractivity contribution in [3.8, 4) is 78.4 Å². The fraction of sp³-hybridized carbons (Fsp3) is 0. The number of hydrogen-bond acceptors (Lipinski definition) is 5. The van der Waals surface area contributed by atoms with Crippen LogP contribution in [0.3, 0.4) is 0 Å². The molecule has 5 nitrogen and oxygen atoms in total. The van der Waals surface area contributed by atoms with Gasteiger partial charge in [0.15, 0.2) is 0 Å². The van der Waals surface area contributed by atoms with Crippen LogP contribution in [-0.4, -0.2) is 19.9 Å². The molecule has 0 bridgehead atoms. The lowest BCUT2D eigenvalue weighted by Crippen LogP contribution is -2.10. The number of aromatic nitrogens is 4. The molecule has 2 heterocycles. The highest BCUT2D eigenvalue weighted by atomic mass is 15.1. The van der Waals surface area contributed by atoms with Crippen molar-refractivity contribution in [2.45, 2.75) is 0 Å². The summed E-state index contributed by atoms with van der Waals surface area (Å²) >= 11 is 0. The first-order valence-electron chi connectivity index (χ1n) is 23.2. The molecule has 69 heavy (non-hydrogen) atoms. The predicted octanol–water partition coefficient (Wildman–Crippen LogP) is 16.7. The highest BCUT2D eigenvalue weighted by Crippen LogP contribution is 2.42. The Morgan fingerprint density at radius 1 is 0.188 bits per heavy atom. The summed E-state index contributed by atoms with van der Waals surface area (Å²) in [6.45, 7) is 0. The van der Waals surface area contributed by atoms with Crippen LogP contribution in [0, 0.1) is 0 Å². The van der Waals surface area contributed by atoms with Crippen molar-refractivity contribution in [2.75, 3.05) is 4.90 Å². The standard InChI is InChI=1S/C64H43N5/c1-4-16-44(17-5-1)47-30-34-50(35-31-47)61-63(67-59-28-12-10-26-57(59)65-61)52-22-14-24-55(42-52)69(54-40-38-49(39-41-54)46-20-8-3-9-21-46)56-25-15-23-53(43-56)64-62(66-58-27-11-13-29-60(58)68-64)51-36-32-48(33-37-51)45-18-6-2-7-19-45/h1-43H. The Morgan fingerprint density at radius 2 is 0.449 bits per heavy atom. The molecule has 324 valence electrons. The fourth-order valence-corrected chi connectivity index (χ4v) is 9.17. The number of fused-ring (bicyclic) bond motifs is 2. The second-order valence-electron chi connectivity index (χ2n) is 17.1. The van der Waals surface area contributed by atoms with Crippen LogP contribution >= 0.6 is 0 Å². The largest absolute Gasteiger partial charge is 0.310 e. The van der Waals surface area contributed by atoms with Crippen molar-refractivity contribution in [1.82, 2.24) is 19.9 Å². The zero-order valence-corrected chi connectivity index (χ0v) is 37.6. The fourth-order valence-electron chi connectivity index (χ4n) is 9.17. The topological polar surface area (TPSA) is 54.8 Å². The number of nitrogens with zero attached hydrogens (tertiary/aromatic N) is 5. The molecule has 0 saturated heterocycles. The lowest BCUT2D eigenvalue weighted by molar-refractivity contribution is 1.26. The van der Waals surface area contributed by atoms with Gasteiger partial charge in [-0.3, -0.25) is 0 Å². The molecule has 0 amide bonds. The summed E-state index contributed by atoms with van der Waals surface area (Å²) in [5, 5.41) is 0. The third-order valence-electron chi connectivity index (χ3n) is 12.7. The number of benzene rings is 10. The number of anilines is 3. The molecule has 0 aliphatic carbocycles. The van der Waals surface area contributed by atoms with Crippen LogP contribution in [0.2, 0.25) is 0 Å². The smallest absolute Gasteiger partial charge is 0.0973 e. The van der Waals surface area contributed by atoms with E-state index in [9.17, 15) is 0 Å². The minimum absolute atomic E-state index is 0.811. The van der Waals surface area contributed by atoms with Gasteiger partial charge in [0, 0.05) is 39.3 Å². The van der Waals surface area contributed by atoms with Gasteiger partial charge in [0.2, 0.25) is 0 Å². The third-order valence-corrected chi connectivity index (χ3v) is 12.7. The van der Waals surface area contributed by atoms with Gasteiger partial charge in [0.25, 0.3) is 0 Å². The molecule has 5 heteroatoms. The van der Waals surface area contributed by atoms with E-state index in [1.807, 2.05) is 60.7 Å². The molecule has 0 aliphatic heterocycles. The van der Waals surface area contributed by atoms with Crippen molar-refractivity contribution < 1.29 is 0 Å². The Morgan fingerprint density at radius 3 is 0.797 bits per heavy atom. The van der Waals surface area contributed by atoms with E-state index in [4.69, 9.17) is 19.9 Å². The Labute approximate surface area is 401 Å². The first-order valence-corrected chi connectivity index (χ1v) is 23.2. The van der Waals surface area contributed by atoms with E-state index >= 15 is 0 Å². The van der Waals surface area contributed by atoms with Crippen LogP contribution in [0.1, 0.15) is 0 Å². The lowest BCUT2D eigenvalue weighted by Gasteiger charge is -2.27. The van der Waals surface area contributed by atoms with Gasteiger partial charge < -0.3 is 4.90 Å². The second-order valence-corrected chi connectivity index (χ2v) is 17.1. The zero-order chi connectivity index (χ0) is 45.9. The van der Waals surface area contributed by atoms with E-state index in [0.717, 1.165) is 106 Å². The molecule has 10 aromatic carbocycles. The molecule has 0 saturated carbocycles. The zero-order valence-electron chi connectivity index (χ0n) is 37.6. The quantitative estimate of drug-likeness (QED) is 0.137. The molecule has 0 spiro atoms. The van der Waals surface area contributed by atoms with Crippen molar-refractivity contribution in [2.24, 2.45) is 0 Å². The molecule has 0 atom stereocenters. The van der Waals surface area contributed by atoms with Gasteiger partial charge in [-0.1, -0.05) is 200 Å². The molecule has 12 aromatic rings. The molecule has 12 rings (SSSR count). The summed E-state index contributed by atoms with van der Waals surface area (Å²) in [6, 6.07) is 91.0. The van der Waals surface area contributed by atoms with Crippen molar-refractivity contribution in [1.29, 1.82) is 0 Å². The first-order chi connectivity index (χ1) is 34.2. The molecule has 2 aromatic heterocycles. The van der Waals surface area contributed by atoms with Gasteiger partial charge >= 0.3 is 0 Å². The molecule has 0 N–H and O–H groups in total. The Bertz CT molecular complexity index is 3540. The van der Waals surface area contributed by atoms with Gasteiger partial charge in [0.05, 0.1) is 44.8 Å². The van der Waals surface area contributed by atoms with Gasteiger partial charge in [-0.05, 0) is 94.0 Å². The Balaban J connectivity index is 0.996. The van der Waals surface area contributed by atoms with Crippen LogP contribution in [-0.2, 0) is 0 Å². The molecule has 0 radical (unpaired) electrons. The molecular weight excluding hydrogens is 839 g/mol. The van der Waals surface area contributed by atoms with E-state index in [-0.39, 0.29) is 0 Å². The number of para-hydroxylation sites is 4. The van der Waals surface area contributed by atoms with Crippen LogP contribution in [0.25, 0.3) is 100 Å². The molecular formula is C64H43N5. The van der Waals surface area contributed by atoms with Crippen LogP contribution in [0.4, 0.5) is 17.1 Å². The maximum absolute atomic E-state index is 5.34. The Hall–Kier alpha value is -9.32. The van der Waals surface area contributed by atoms with E-state index in [2.05, 4.69) is 205 Å². The first kappa shape index (κ1) is 41.1. The van der Waals surface area contributed by atoms with E-state index < -0.39 is 0 Å². The second kappa shape index (κ2) is 18.2. The van der Waals surface area contributed by atoms with Crippen LogP contribution in [0.5, 0.6) is 0 Å². The van der Waals surface area contributed by atoms with Crippen molar-refractivity contribution >= 4 is 39.1 Å². The monoisotopic (exact) mass is 881 g/mol. The third kappa shape index (κ3) is 8.30. The minimum Gasteiger partial charge on any atom is -0.310 e. The maximum Gasteiger partial charge on any atom is 0.0973 e. The van der Waals surface area contributed by atoms with Crippen LogP contribution in [0.15, 0.2) is 261 Å². The minimum atomic E-state index is 0.811. The van der Waals surface area contributed by atoms with Crippen molar-refractivity contribution in [3.63, 3.8) is 0 Å². The summed E-state index contributed by atoms with van der Waals surface area (Å²) in [5.74, 6) is 0. The average Bonchev–Trinajstić information content (AvgIpc) is 3.43. The average molecular weight is 882 g/mol. The summed E-state index contributed by atoms with van der Waals surface area (Å²) in [5.41, 5.74) is 20.4. The molecule has 0 aliphatic rings. The van der Waals surface area contributed by atoms with Gasteiger partial charge in [-0.25, -0.2) is 19.9 Å². The molecule has 0 unspecified atom stereocenters. The maximum atomic E-state index is 5.34. The van der Waals surface area contributed by atoms with Gasteiger partial charge in [-0.15, -0.1) is 0 Å². The van der Waals surface area contributed by atoms with E-state index in [1.54, 1.807) is 0 Å². The van der Waals surface area contributed by atoms with Gasteiger partial charge in [-0.2, -0.15) is 0 Å². The lowest BCUT2D eigenvalue weighted by atomic mass is 9.99. The van der Waals surface area contributed by atoms with E-state index in [0.29, 0.717) is 0 Å². The summed E-state index contributed by atoms with van der Waals surface area (Å²) in [6.07, 6.45) is 0. The number of hydrogen-bond donors (Lipinski definition) is 0. The van der Waals surface area contributed by atoms with Crippen molar-refractivity contribution in [3.05, 3.63) is 261 Å².